The molecule has 0 atom stereocenters. The van der Waals surface area contributed by atoms with Crippen molar-refractivity contribution < 1.29 is 4.79 Å². The van der Waals surface area contributed by atoms with Gasteiger partial charge >= 0.3 is 6.03 Å². The van der Waals surface area contributed by atoms with Crippen molar-refractivity contribution in [3.05, 3.63) is 33.1 Å². The number of nitrogens with zero attached hydrogens (tertiary/aromatic N) is 1. The fourth-order valence-electron chi connectivity index (χ4n) is 1.43. The van der Waals surface area contributed by atoms with Crippen molar-refractivity contribution in [2.24, 2.45) is 0 Å². The van der Waals surface area contributed by atoms with E-state index in [1.165, 1.54) is 4.88 Å². The van der Waals surface area contributed by atoms with Gasteiger partial charge in [0, 0.05) is 28.0 Å². The number of carbonyl (C=O) groups excluding carboxylic acids is 1. The summed E-state index contributed by atoms with van der Waals surface area (Å²) in [4.78, 5) is 14.6. The first-order chi connectivity index (χ1) is 7.16. The molecule has 1 aliphatic heterocycles. The number of carbonyl (C=O) groups is 1. The molecule has 15 heavy (non-hydrogen) atoms. The van der Waals surface area contributed by atoms with Crippen molar-refractivity contribution in [2.45, 2.75) is 13.0 Å². The smallest absolute Gasteiger partial charge is 0.319 e. The van der Waals surface area contributed by atoms with Gasteiger partial charge in [0.05, 0.1) is 6.54 Å². The van der Waals surface area contributed by atoms with Gasteiger partial charge in [-0.25, -0.2) is 4.79 Å². The van der Waals surface area contributed by atoms with E-state index < -0.39 is 0 Å². The van der Waals surface area contributed by atoms with Crippen LogP contribution in [0.2, 0.25) is 0 Å². The molecular formula is C10H11BrN2OS. The summed E-state index contributed by atoms with van der Waals surface area (Å²) in [5.41, 5.74) is 0.807. The molecule has 0 radical (unpaired) electrons. The molecule has 2 rings (SSSR count). The standard InChI is InChI=1S/C10H11BrN2OS/c1-7-2-4-13(10(14)12-7)6-9-8(11)3-5-15-9/h3,5H,1-2,4,6H2,(H,12,14). The zero-order valence-corrected chi connectivity index (χ0v) is 10.5. The number of halogens is 1. The lowest BCUT2D eigenvalue weighted by atomic mass is 10.2. The van der Waals surface area contributed by atoms with Gasteiger partial charge in [-0.3, -0.25) is 0 Å². The number of amides is 2. The third-order valence-corrected chi connectivity index (χ3v) is 4.19. The number of hydrogen-bond donors (Lipinski definition) is 1. The summed E-state index contributed by atoms with van der Waals surface area (Å²) in [6, 6.07) is 1.95. The van der Waals surface area contributed by atoms with Crippen LogP contribution in [0.1, 0.15) is 11.3 Å². The quantitative estimate of drug-likeness (QED) is 0.891. The minimum atomic E-state index is -0.0495. The highest BCUT2D eigenvalue weighted by Crippen LogP contribution is 2.25. The highest BCUT2D eigenvalue weighted by molar-refractivity contribution is 9.10. The van der Waals surface area contributed by atoms with Crippen LogP contribution in [0.5, 0.6) is 0 Å². The van der Waals surface area contributed by atoms with Crippen molar-refractivity contribution in [2.75, 3.05) is 6.54 Å². The van der Waals surface area contributed by atoms with Crippen molar-refractivity contribution in [1.82, 2.24) is 10.2 Å². The maximum absolute atomic E-state index is 11.6. The zero-order valence-electron chi connectivity index (χ0n) is 8.12. The van der Waals surface area contributed by atoms with Gasteiger partial charge in [0.15, 0.2) is 0 Å². The van der Waals surface area contributed by atoms with Crippen LogP contribution >= 0.6 is 27.3 Å². The summed E-state index contributed by atoms with van der Waals surface area (Å²) in [5.74, 6) is 0. The molecule has 5 heteroatoms. The lowest BCUT2D eigenvalue weighted by Gasteiger charge is -2.28. The Morgan fingerprint density at radius 1 is 1.67 bits per heavy atom. The van der Waals surface area contributed by atoms with Crippen LogP contribution in [0.25, 0.3) is 0 Å². The molecule has 0 bridgehead atoms. The SMILES string of the molecule is C=C1CCN(Cc2sccc2Br)C(=O)N1. The minimum Gasteiger partial charge on any atom is -0.319 e. The first kappa shape index (κ1) is 10.7. The molecule has 1 aromatic heterocycles. The van der Waals surface area contributed by atoms with Crippen LogP contribution in [0.4, 0.5) is 4.79 Å². The fraction of sp³-hybridized carbons (Fsp3) is 0.300. The normalized spacial score (nSPS) is 16.7. The predicted molar refractivity (Wildman–Crippen MR) is 64.7 cm³/mol. The Hall–Kier alpha value is -0.810. The molecule has 0 unspecified atom stereocenters. The average Bonchev–Trinajstić information content (AvgIpc) is 2.57. The van der Waals surface area contributed by atoms with Gasteiger partial charge in [0.25, 0.3) is 0 Å². The molecular weight excluding hydrogens is 276 g/mol. The largest absolute Gasteiger partial charge is 0.321 e. The molecule has 3 nitrogen and oxygen atoms in total. The summed E-state index contributed by atoms with van der Waals surface area (Å²) in [7, 11) is 0. The van der Waals surface area contributed by atoms with Crippen molar-refractivity contribution in [3.8, 4) is 0 Å². The maximum Gasteiger partial charge on any atom is 0.321 e. The third kappa shape index (κ3) is 2.41. The Labute approximate surface area is 101 Å². The second-order valence-electron chi connectivity index (χ2n) is 3.40. The van der Waals surface area contributed by atoms with E-state index >= 15 is 0 Å². The fourth-order valence-corrected chi connectivity index (χ4v) is 2.92. The molecule has 1 N–H and O–H groups in total. The average molecular weight is 287 g/mol. The van der Waals surface area contributed by atoms with E-state index in [-0.39, 0.29) is 6.03 Å². The van der Waals surface area contributed by atoms with E-state index in [0.717, 1.165) is 23.1 Å². The van der Waals surface area contributed by atoms with Gasteiger partial charge in [-0.05, 0) is 27.4 Å². The van der Waals surface area contributed by atoms with Crippen molar-refractivity contribution in [1.29, 1.82) is 0 Å². The second-order valence-corrected chi connectivity index (χ2v) is 5.25. The number of nitrogens with one attached hydrogen (secondary N) is 1. The predicted octanol–water partition coefficient (Wildman–Crippen LogP) is 2.94. The first-order valence-corrected chi connectivity index (χ1v) is 6.29. The van der Waals surface area contributed by atoms with E-state index in [9.17, 15) is 4.79 Å². The molecule has 2 amide bonds. The van der Waals surface area contributed by atoms with E-state index in [1.54, 1.807) is 16.2 Å². The van der Waals surface area contributed by atoms with Crippen molar-refractivity contribution >= 4 is 33.3 Å². The summed E-state index contributed by atoms with van der Waals surface area (Å²) in [6.45, 7) is 5.16. The van der Waals surface area contributed by atoms with E-state index in [2.05, 4.69) is 27.8 Å². The Morgan fingerprint density at radius 3 is 3.07 bits per heavy atom. The van der Waals surface area contributed by atoms with E-state index in [4.69, 9.17) is 0 Å². The third-order valence-electron chi connectivity index (χ3n) is 2.28. The van der Waals surface area contributed by atoms with Crippen LogP contribution in [0.3, 0.4) is 0 Å². The summed E-state index contributed by atoms with van der Waals surface area (Å²) >= 11 is 5.11. The van der Waals surface area contributed by atoms with Crippen LogP contribution < -0.4 is 5.32 Å². The minimum absolute atomic E-state index is 0.0495. The number of hydrogen-bond acceptors (Lipinski definition) is 2. The van der Waals surface area contributed by atoms with Gasteiger partial charge < -0.3 is 10.2 Å². The number of rotatable bonds is 2. The molecule has 1 aromatic rings. The van der Waals surface area contributed by atoms with Crippen LogP contribution in [-0.4, -0.2) is 17.5 Å². The summed E-state index contributed by atoms with van der Waals surface area (Å²) < 4.78 is 1.07. The van der Waals surface area contributed by atoms with Crippen LogP contribution in [0.15, 0.2) is 28.2 Å². The van der Waals surface area contributed by atoms with Gasteiger partial charge in [0.2, 0.25) is 0 Å². The van der Waals surface area contributed by atoms with E-state index in [0.29, 0.717) is 6.54 Å². The van der Waals surface area contributed by atoms with Gasteiger partial charge in [-0.1, -0.05) is 6.58 Å². The zero-order chi connectivity index (χ0) is 10.8. The molecule has 80 valence electrons. The monoisotopic (exact) mass is 286 g/mol. The van der Waals surface area contributed by atoms with Crippen molar-refractivity contribution in [3.63, 3.8) is 0 Å². The van der Waals surface area contributed by atoms with Crippen LogP contribution in [-0.2, 0) is 6.54 Å². The molecule has 0 spiro atoms. The first-order valence-electron chi connectivity index (χ1n) is 4.62. The molecule has 0 aromatic carbocycles. The lowest BCUT2D eigenvalue weighted by Crippen LogP contribution is -2.44. The summed E-state index contributed by atoms with van der Waals surface area (Å²) in [5, 5.41) is 4.76. The Bertz CT molecular complexity index is 402. The number of thiophene rings is 1. The Balaban J connectivity index is 2.04. The molecule has 1 saturated heterocycles. The summed E-state index contributed by atoms with van der Waals surface area (Å²) in [6.07, 6.45) is 0.828. The number of urea groups is 1. The topological polar surface area (TPSA) is 32.3 Å². The molecule has 0 saturated carbocycles. The second kappa shape index (κ2) is 4.37. The molecule has 2 heterocycles. The van der Waals surface area contributed by atoms with Crippen LogP contribution in [0, 0.1) is 0 Å². The molecule has 1 fully saturated rings. The Morgan fingerprint density at radius 2 is 2.47 bits per heavy atom. The Kier molecular flexibility index (Phi) is 3.11. The van der Waals surface area contributed by atoms with E-state index in [1.807, 2.05) is 11.4 Å². The molecule has 1 aliphatic rings. The maximum atomic E-state index is 11.6. The lowest BCUT2D eigenvalue weighted by molar-refractivity contribution is 0.190. The van der Waals surface area contributed by atoms with Gasteiger partial charge in [-0.15, -0.1) is 11.3 Å². The highest BCUT2D eigenvalue weighted by Gasteiger charge is 2.20. The van der Waals surface area contributed by atoms with Gasteiger partial charge in [0.1, 0.15) is 0 Å². The molecule has 0 aliphatic carbocycles. The highest BCUT2D eigenvalue weighted by atomic mass is 79.9. The van der Waals surface area contributed by atoms with Gasteiger partial charge in [-0.2, -0.15) is 0 Å².